The third kappa shape index (κ3) is 3.33. The maximum Gasteiger partial charge on any atom is 0.253 e. The molecular formula is C13H18N2O3S. The first-order valence-electron chi connectivity index (χ1n) is 6.26. The summed E-state index contributed by atoms with van der Waals surface area (Å²) in [6, 6.07) is 5.72. The maximum atomic E-state index is 12.1. The highest BCUT2D eigenvalue weighted by molar-refractivity contribution is 7.89. The molecule has 0 heterocycles. The minimum Gasteiger partial charge on any atom is -0.341 e. The number of carbonyl (C=O) groups is 1. The number of hydrogen-bond donors (Lipinski definition) is 1. The topological polar surface area (TPSA) is 80.5 Å². The molecule has 104 valence electrons. The van der Waals surface area contributed by atoms with Crippen molar-refractivity contribution in [2.24, 2.45) is 11.1 Å². The second kappa shape index (κ2) is 5.30. The summed E-state index contributed by atoms with van der Waals surface area (Å²) < 4.78 is 22.2. The van der Waals surface area contributed by atoms with E-state index in [1.807, 2.05) is 0 Å². The average molecular weight is 282 g/mol. The van der Waals surface area contributed by atoms with Crippen LogP contribution in [-0.2, 0) is 10.0 Å². The number of nitrogens with two attached hydrogens (primary N) is 1. The van der Waals surface area contributed by atoms with Gasteiger partial charge >= 0.3 is 0 Å². The van der Waals surface area contributed by atoms with Crippen LogP contribution in [0.2, 0.25) is 0 Å². The van der Waals surface area contributed by atoms with Gasteiger partial charge in [0.05, 0.1) is 4.90 Å². The number of carbonyl (C=O) groups excluding carboxylic acids is 1. The Morgan fingerprint density at radius 1 is 1.32 bits per heavy atom. The fourth-order valence-corrected chi connectivity index (χ4v) is 2.67. The second-order valence-corrected chi connectivity index (χ2v) is 6.61. The van der Waals surface area contributed by atoms with Crippen molar-refractivity contribution in [1.29, 1.82) is 0 Å². The fourth-order valence-electron chi connectivity index (χ4n) is 2.15. The molecular weight excluding hydrogens is 264 g/mol. The molecule has 1 saturated carbocycles. The molecule has 0 saturated heterocycles. The first-order chi connectivity index (χ1) is 8.88. The first-order valence-corrected chi connectivity index (χ1v) is 7.81. The van der Waals surface area contributed by atoms with Crippen molar-refractivity contribution in [3.05, 3.63) is 29.8 Å². The number of hydrogen-bond acceptors (Lipinski definition) is 3. The second-order valence-electron chi connectivity index (χ2n) is 5.05. The lowest BCUT2D eigenvalue weighted by molar-refractivity contribution is 0.0745. The predicted octanol–water partition coefficient (Wildman–Crippen LogP) is 1.21. The van der Waals surface area contributed by atoms with Gasteiger partial charge in [0.1, 0.15) is 0 Å². The summed E-state index contributed by atoms with van der Waals surface area (Å²) in [5.74, 6) is 0.519. The molecule has 1 fully saturated rings. The zero-order valence-corrected chi connectivity index (χ0v) is 11.7. The van der Waals surface area contributed by atoms with Gasteiger partial charge in [0.25, 0.3) is 5.91 Å². The van der Waals surface area contributed by atoms with E-state index in [1.165, 1.54) is 43.5 Å². The molecule has 19 heavy (non-hydrogen) atoms. The SMILES string of the molecule is CN(CC1CCC1)C(=O)c1ccc(S(N)(=O)=O)cc1. The van der Waals surface area contributed by atoms with Crippen molar-refractivity contribution in [3.8, 4) is 0 Å². The molecule has 2 rings (SSSR count). The molecule has 1 aliphatic rings. The highest BCUT2D eigenvalue weighted by atomic mass is 32.2. The Morgan fingerprint density at radius 3 is 2.32 bits per heavy atom. The van der Waals surface area contributed by atoms with Gasteiger partial charge in [-0.3, -0.25) is 4.79 Å². The fraction of sp³-hybridized carbons (Fsp3) is 0.462. The Balaban J connectivity index is 2.06. The van der Waals surface area contributed by atoms with E-state index in [0.29, 0.717) is 11.5 Å². The van der Waals surface area contributed by atoms with Crippen molar-refractivity contribution in [2.75, 3.05) is 13.6 Å². The summed E-state index contributed by atoms with van der Waals surface area (Å²) in [6.07, 6.45) is 3.61. The van der Waals surface area contributed by atoms with Gasteiger partial charge in [-0.25, -0.2) is 13.6 Å². The van der Waals surface area contributed by atoms with E-state index >= 15 is 0 Å². The number of amides is 1. The van der Waals surface area contributed by atoms with Crippen molar-refractivity contribution in [1.82, 2.24) is 4.90 Å². The number of rotatable bonds is 4. The van der Waals surface area contributed by atoms with Crippen LogP contribution in [0.15, 0.2) is 29.2 Å². The smallest absolute Gasteiger partial charge is 0.253 e. The third-order valence-electron chi connectivity index (χ3n) is 3.53. The average Bonchev–Trinajstić information content (AvgIpc) is 2.31. The molecule has 0 atom stereocenters. The maximum absolute atomic E-state index is 12.1. The summed E-state index contributed by atoms with van der Waals surface area (Å²) in [5, 5.41) is 5.01. The van der Waals surface area contributed by atoms with Crippen molar-refractivity contribution in [2.45, 2.75) is 24.2 Å². The van der Waals surface area contributed by atoms with Crippen molar-refractivity contribution < 1.29 is 13.2 Å². The molecule has 0 unspecified atom stereocenters. The lowest BCUT2D eigenvalue weighted by Gasteiger charge is -2.30. The van der Waals surface area contributed by atoms with E-state index in [2.05, 4.69) is 0 Å². The van der Waals surface area contributed by atoms with E-state index in [0.717, 1.165) is 6.54 Å². The predicted molar refractivity (Wildman–Crippen MR) is 72.1 cm³/mol. The normalized spacial score (nSPS) is 15.9. The summed E-state index contributed by atoms with van der Waals surface area (Å²) in [6.45, 7) is 0.760. The molecule has 0 aromatic heterocycles. The molecule has 0 aliphatic heterocycles. The monoisotopic (exact) mass is 282 g/mol. The van der Waals surface area contributed by atoms with Gasteiger partial charge in [-0.2, -0.15) is 0 Å². The Morgan fingerprint density at radius 2 is 1.89 bits per heavy atom. The Labute approximate surface area is 113 Å². The van der Waals surface area contributed by atoms with Crippen LogP contribution >= 0.6 is 0 Å². The quantitative estimate of drug-likeness (QED) is 0.901. The summed E-state index contributed by atoms with van der Waals surface area (Å²) >= 11 is 0. The molecule has 0 spiro atoms. The van der Waals surface area contributed by atoms with Crippen LogP contribution in [0.25, 0.3) is 0 Å². The summed E-state index contributed by atoms with van der Waals surface area (Å²) in [5.41, 5.74) is 0.481. The lowest BCUT2D eigenvalue weighted by atomic mass is 9.85. The Kier molecular flexibility index (Phi) is 3.91. The number of nitrogens with zero attached hydrogens (tertiary/aromatic N) is 1. The van der Waals surface area contributed by atoms with E-state index < -0.39 is 10.0 Å². The van der Waals surface area contributed by atoms with Gasteiger partial charge in [0, 0.05) is 19.2 Å². The minimum atomic E-state index is -3.70. The standard InChI is InChI=1S/C13H18N2O3S/c1-15(9-10-3-2-4-10)13(16)11-5-7-12(8-6-11)19(14,17)18/h5-8,10H,2-4,9H2,1H3,(H2,14,17,18). The van der Waals surface area contributed by atoms with E-state index in [-0.39, 0.29) is 10.8 Å². The molecule has 1 aliphatic carbocycles. The van der Waals surface area contributed by atoms with E-state index in [4.69, 9.17) is 5.14 Å². The van der Waals surface area contributed by atoms with Gasteiger partial charge in [-0.15, -0.1) is 0 Å². The largest absolute Gasteiger partial charge is 0.341 e. The molecule has 1 amide bonds. The molecule has 1 aromatic carbocycles. The van der Waals surface area contributed by atoms with Crippen LogP contribution in [0, 0.1) is 5.92 Å². The van der Waals surface area contributed by atoms with Gasteiger partial charge < -0.3 is 4.90 Å². The van der Waals surface area contributed by atoms with Gasteiger partial charge in [0.15, 0.2) is 0 Å². The minimum absolute atomic E-state index is 0.0192. The van der Waals surface area contributed by atoms with Crippen molar-refractivity contribution in [3.63, 3.8) is 0 Å². The Hall–Kier alpha value is -1.40. The zero-order chi connectivity index (χ0) is 14.0. The first kappa shape index (κ1) is 14.0. The zero-order valence-electron chi connectivity index (χ0n) is 10.9. The summed E-state index contributed by atoms with van der Waals surface area (Å²) in [7, 11) is -1.93. The molecule has 2 N–H and O–H groups in total. The molecule has 6 heteroatoms. The lowest BCUT2D eigenvalue weighted by Crippen LogP contribution is -2.34. The van der Waals surface area contributed by atoms with Crippen molar-refractivity contribution >= 4 is 15.9 Å². The van der Waals surface area contributed by atoms with Gasteiger partial charge in [-0.1, -0.05) is 6.42 Å². The van der Waals surface area contributed by atoms with Crippen LogP contribution in [0.5, 0.6) is 0 Å². The van der Waals surface area contributed by atoms with Crippen LogP contribution in [0.4, 0.5) is 0 Å². The highest BCUT2D eigenvalue weighted by Gasteiger charge is 2.22. The molecule has 5 nitrogen and oxygen atoms in total. The number of benzene rings is 1. The van der Waals surface area contributed by atoms with Crippen LogP contribution in [0.1, 0.15) is 29.6 Å². The molecule has 0 bridgehead atoms. The van der Waals surface area contributed by atoms with Crippen LogP contribution in [-0.4, -0.2) is 32.8 Å². The third-order valence-corrected chi connectivity index (χ3v) is 4.46. The molecule has 1 aromatic rings. The number of sulfonamides is 1. The van der Waals surface area contributed by atoms with E-state index in [9.17, 15) is 13.2 Å². The van der Waals surface area contributed by atoms with Crippen LogP contribution in [0.3, 0.4) is 0 Å². The van der Waals surface area contributed by atoms with Crippen LogP contribution < -0.4 is 5.14 Å². The van der Waals surface area contributed by atoms with Gasteiger partial charge in [-0.05, 0) is 43.0 Å². The highest BCUT2D eigenvalue weighted by Crippen LogP contribution is 2.27. The molecule has 0 radical (unpaired) electrons. The summed E-state index contributed by atoms with van der Waals surface area (Å²) in [4.78, 5) is 13.8. The van der Waals surface area contributed by atoms with E-state index in [1.54, 1.807) is 11.9 Å². The Bertz CT molecular complexity index is 562. The number of primary sulfonamides is 1. The van der Waals surface area contributed by atoms with Gasteiger partial charge in [0.2, 0.25) is 10.0 Å².